The lowest BCUT2D eigenvalue weighted by Gasteiger charge is -2.01. The van der Waals surface area contributed by atoms with E-state index in [1.165, 1.54) is 23.4 Å². The summed E-state index contributed by atoms with van der Waals surface area (Å²) in [4.78, 5) is 4.48. The summed E-state index contributed by atoms with van der Waals surface area (Å²) in [6.07, 6.45) is 4.52. The average Bonchev–Trinajstić information content (AvgIpc) is 3.04. The van der Waals surface area contributed by atoms with Gasteiger partial charge in [0.25, 0.3) is 0 Å². The molecule has 0 aliphatic heterocycles. The van der Waals surface area contributed by atoms with Crippen LogP contribution in [0.5, 0.6) is 0 Å². The maximum absolute atomic E-state index is 6.35. The van der Waals surface area contributed by atoms with Crippen LogP contribution in [0.2, 0.25) is 0 Å². The number of hydrogen-bond donors (Lipinski definition) is 1. The second-order valence-electron chi connectivity index (χ2n) is 5.38. The highest BCUT2D eigenvalue weighted by Crippen LogP contribution is 2.37. The van der Waals surface area contributed by atoms with Crippen LogP contribution in [0, 0.1) is 5.92 Å². The third-order valence-corrected chi connectivity index (χ3v) is 5.68. The summed E-state index contributed by atoms with van der Waals surface area (Å²) in [7, 11) is 0. The fourth-order valence-electron chi connectivity index (χ4n) is 2.56. The quantitative estimate of drug-likeness (QED) is 0.744. The van der Waals surface area contributed by atoms with Gasteiger partial charge in [0, 0.05) is 23.1 Å². The molecule has 2 N–H and O–H groups in total. The van der Waals surface area contributed by atoms with E-state index in [-0.39, 0.29) is 0 Å². The second kappa shape index (κ2) is 5.24. The highest BCUT2D eigenvalue weighted by molar-refractivity contribution is 7.22. The third kappa shape index (κ3) is 2.47. The van der Waals surface area contributed by atoms with Crippen LogP contribution in [-0.2, 0) is 6.54 Å². The van der Waals surface area contributed by atoms with Crippen LogP contribution in [0.25, 0.3) is 21.3 Å². The first kappa shape index (κ1) is 13.0. The predicted octanol–water partition coefficient (Wildman–Crippen LogP) is 3.82. The van der Waals surface area contributed by atoms with Crippen molar-refractivity contribution in [3.05, 3.63) is 41.9 Å². The minimum atomic E-state index is 0.796. The molecule has 0 radical (unpaired) electrons. The number of rotatable bonds is 4. The molecule has 0 bridgehead atoms. The molecule has 1 saturated carbocycles. The van der Waals surface area contributed by atoms with Gasteiger partial charge in [-0.1, -0.05) is 18.2 Å². The molecule has 1 fully saturated rings. The fraction of sp³-hybridized carbons (Fsp3) is 0.250. The van der Waals surface area contributed by atoms with Gasteiger partial charge in [-0.3, -0.25) is 0 Å². The molecule has 0 amide bonds. The van der Waals surface area contributed by atoms with E-state index in [4.69, 9.17) is 5.73 Å². The van der Waals surface area contributed by atoms with Crippen LogP contribution in [0.3, 0.4) is 0 Å². The molecule has 2 heterocycles. The molecule has 1 aromatic carbocycles. The van der Waals surface area contributed by atoms with Crippen molar-refractivity contribution in [2.75, 3.05) is 5.73 Å². The van der Waals surface area contributed by atoms with E-state index in [1.54, 1.807) is 22.7 Å². The Labute approximate surface area is 131 Å². The van der Waals surface area contributed by atoms with Gasteiger partial charge in [0.2, 0.25) is 5.69 Å². The van der Waals surface area contributed by atoms with Gasteiger partial charge in [0.15, 0.2) is 16.6 Å². The Morgan fingerprint density at radius 3 is 2.71 bits per heavy atom. The predicted molar refractivity (Wildman–Crippen MR) is 88.2 cm³/mol. The zero-order chi connectivity index (χ0) is 14.2. The molecule has 3 nitrogen and oxygen atoms in total. The van der Waals surface area contributed by atoms with Crippen LogP contribution < -0.4 is 10.3 Å². The maximum Gasteiger partial charge on any atom is 0.300 e. The van der Waals surface area contributed by atoms with Gasteiger partial charge in [0.1, 0.15) is 0 Å². The van der Waals surface area contributed by atoms with Crippen molar-refractivity contribution in [3.63, 3.8) is 0 Å². The molecule has 0 atom stereocenters. The number of hydrogen-bond acceptors (Lipinski definition) is 4. The Kier molecular flexibility index (Phi) is 3.24. The number of nitrogens with two attached hydrogens (primary N) is 1. The SMILES string of the molecule is Nc1sc(-c2nccs2)[n+](CC2CC2)c1-c1ccccc1. The summed E-state index contributed by atoms with van der Waals surface area (Å²) in [5.41, 5.74) is 8.69. The number of thiazole rings is 2. The van der Waals surface area contributed by atoms with E-state index in [0.29, 0.717) is 0 Å². The highest BCUT2D eigenvalue weighted by atomic mass is 32.1. The van der Waals surface area contributed by atoms with Crippen molar-refractivity contribution in [1.82, 2.24) is 4.98 Å². The summed E-state index contributed by atoms with van der Waals surface area (Å²) >= 11 is 3.33. The lowest BCUT2D eigenvalue weighted by molar-refractivity contribution is -0.674. The van der Waals surface area contributed by atoms with E-state index < -0.39 is 0 Å². The molecule has 0 spiro atoms. The lowest BCUT2D eigenvalue weighted by atomic mass is 10.1. The van der Waals surface area contributed by atoms with Gasteiger partial charge in [-0.25, -0.2) is 4.98 Å². The molecule has 4 rings (SSSR count). The van der Waals surface area contributed by atoms with Crippen LogP contribution in [-0.4, -0.2) is 4.98 Å². The van der Waals surface area contributed by atoms with Gasteiger partial charge in [-0.15, -0.1) is 11.3 Å². The number of nitrogen functional groups attached to an aromatic ring is 1. The van der Waals surface area contributed by atoms with E-state index in [2.05, 4.69) is 33.8 Å². The second-order valence-corrected chi connectivity index (χ2v) is 7.30. The molecule has 0 unspecified atom stereocenters. The molecule has 2 aromatic heterocycles. The standard InChI is InChI=1S/C16H16N3S2/c17-14-13(12-4-2-1-3-5-12)19(10-11-6-7-11)16(21-14)15-18-8-9-20-15/h1-5,8-9,11H,6-7,10,17H2/q+1. The Morgan fingerprint density at radius 2 is 2.05 bits per heavy atom. The Bertz CT molecular complexity index is 743. The Hall–Kier alpha value is -1.72. The molecule has 5 heteroatoms. The van der Waals surface area contributed by atoms with Crippen molar-refractivity contribution in [3.8, 4) is 21.3 Å². The molecular weight excluding hydrogens is 298 g/mol. The molecule has 1 aliphatic rings. The lowest BCUT2D eigenvalue weighted by Crippen LogP contribution is -2.37. The van der Waals surface area contributed by atoms with Crippen molar-refractivity contribution in [2.24, 2.45) is 5.92 Å². The zero-order valence-electron chi connectivity index (χ0n) is 11.5. The average molecular weight is 314 g/mol. The van der Waals surface area contributed by atoms with Gasteiger partial charge in [-0.2, -0.15) is 4.57 Å². The van der Waals surface area contributed by atoms with Gasteiger partial charge >= 0.3 is 5.01 Å². The summed E-state index contributed by atoms with van der Waals surface area (Å²) in [5, 5.41) is 5.16. The van der Waals surface area contributed by atoms with Crippen molar-refractivity contribution in [1.29, 1.82) is 0 Å². The molecule has 3 aromatic rings. The number of benzene rings is 1. The Balaban J connectivity index is 1.89. The van der Waals surface area contributed by atoms with E-state index in [0.717, 1.165) is 28.2 Å². The molecular formula is C16H16N3S2+. The van der Waals surface area contributed by atoms with Crippen molar-refractivity contribution in [2.45, 2.75) is 19.4 Å². The van der Waals surface area contributed by atoms with Gasteiger partial charge in [-0.05, 0) is 36.3 Å². The summed E-state index contributed by atoms with van der Waals surface area (Å²) in [6.45, 7) is 1.05. The first-order valence-electron chi connectivity index (χ1n) is 7.10. The minimum absolute atomic E-state index is 0.796. The normalized spacial score (nSPS) is 14.5. The molecule has 21 heavy (non-hydrogen) atoms. The molecule has 106 valence electrons. The number of nitrogens with zero attached hydrogens (tertiary/aromatic N) is 2. The zero-order valence-corrected chi connectivity index (χ0v) is 13.2. The van der Waals surface area contributed by atoms with Crippen LogP contribution in [0.1, 0.15) is 12.8 Å². The third-order valence-electron chi connectivity index (χ3n) is 3.76. The van der Waals surface area contributed by atoms with Gasteiger partial charge in [0.05, 0.1) is 0 Å². The largest absolute Gasteiger partial charge is 0.385 e. The van der Waals surface area contributed by atoms with E-state index in [9.17, 15) is 0 Å². The van der Waals surface area contributed by atoms with E-state index in [1.807, 2.05) is 17.6 Å². The number of aromatic nitrogens is 2. The summed E-state index contributed by atoms with van der Waals surface area (Å²) in [6, 6.07) is 10.4. The van der Waals surface area contributed by atoms with Crippen LogP contribution in [0.4, 0.5) is 5.00 Å². The van der Waals surface area contributed by atoms with Crippen LogP contribution in [0.15, 0.2) is 41.9 Å². The van der Waals surface area contributed by atoms with Crippen LogP contribution >= 0.6 is 22.7 Å². The minimum Gasteiger partial charge on any atom is -0.385 e. The topological polar surface area (TPSA) is 42.8 Å². The first-order chi connectivity index (χ1) is 10.3. The molecule has 1 aliphatic carbocycles. The highest BCUT2D eigenvalue weighted by Gasteiger charge is 2.34. The van der Waals surface area contributed by atoms with Crippen molar-refractivity contribution >= 4 is 27.7 Å². The summed E-state index contributed by atoms with van der Waals surface area (Å²) < 4.78 is 2.38. The first-order valence-corrected chi connectivity index (χ1v) is 8.80. The van der Waals surface area contributed by atoms with Crippen molar-refractivity contribution < 1.29 is 4.57 Å². The summed E-state index contributed by atoms with van der Waals surface area (Å²) in [5.74, 6) is 0.796. The monoisotopic (exact) mass is 314 g/mol. The van der Waals surface area contributed by atoms with E-state index >= 15 is 0 Å². The Morgan fingerprint density at radius 1 is 1.24 bits per heavy atom. The maximum atomic E-state index is 6.35. The van der Waals surface area contributed by atoms with Gasteiger partial charge < -0.3 is 5.73 Å². The molecule has 0 saturated heterocycles. The number of anilines is 1. The fourth-order valence-corrected chi connectivity index (χ4v) is 4.36. The smallest absolute Gasteiger partial charge is 0.300 e.